The molecule has 0 bridgehead atoms. The molecule has 0 atom stereocenters. The van der Waals surface area contributed by atoms with Crippen molar-refractivity contribution >= 4 is 13.5 Å². The molecule has 5 heteroatoms. The predicted molar refractivity (Wildman–Crippen MR) is 7.37 cm³/mol. The van der Waals surface area contributed by atoms with Gasteiger partial charge in [-0.1, -0.05) is 0 Å². The van der Waals surface area contributed by atoms with Crippen molar-refractivity contribution in [3.63, 3.8) is 0 Å². The minimum atomic E-state index is 0. The molecule has 0 nitrogen and oxygen atoms in total. The van der Waals surface area contributed by atoms with Crippen LogP contribution in [0.25, 0.3) is 0 Å². The summed E-state index contributed by atoms with van der Waals surface area (Å²) >= 11 is 0. The molecule has 0 aromatic carbocycles. The fraction of sp³-hybridized carbons (Fsp3) is 0. The van der Waals surface area contributed by atoms with Gasteiger partial charge in [0.2, 0.25) is 0 Å². The Bertz CT molecular complexity index is 6.85. The van der Waals surface area contributed by atoms with E-state index in [9.17, 15) is 0 Å². The van der Waals surface area contributed by atoms with Crippen LogP contribution < -0.4 is 56.1 Å². The summed E-state index contributed by atoms with van der Waals surface area (Å²) in [5.74, 6) is 0. The van der Waals surface area contributed by atoms with Gasteiger partial charge in [0.1, 0.15) is 0 Å². The summed E-state index contributed by atoms with van der Waals surface area (Å²) in [6.45, 7) is 0. The van der Waals surface area contributed by atoms with E-state index >= 15 is 0 Å². The van der Waals surface area contributed by atoms with Gasteiger partial charge in [0.15, 0.2) is 0 Å². The zero-order valence-corrected chi connectivity index (χ0v) is 5.63. The maximum Gasteiger partial charge on any atom is 2.00 e. The normalized spacial score (nSPS) is 0. The van der Waals surface area contributed by atoms with E-state index in [1.54, 1.807) is 0 Å². The Morgan fingerprint density at radius 1 is 0.600 bits per heavy atom. The Hall–Kier alpha value is 1.82. The first-order valence-corrected chi connectivity index (χ1v) is 0. The van der Waals surface area contributed by atoms with Crippen molar-refractivity contribution in [2.75, 3.05) is 0 Å². The minimum Gasteiger partial charge on any atom is -1.00 e. The van der Waals surface area contributed by atoms with E-state index in [4.69, 9.17) is 0 Å². The molecule has 0 aromatic rings. The molecule has 0 saturated heterocycles. The van der Waals surface area contributed by atoms with Crippen molar-refractivity contribution in [2.45, 2.75) is 0 Å². The van der Waals surface area contributed by atoms with Crippen molar-refractivity contribution in [1.29, 1.82) is 0 Å². The van der Waals surface area contributed by atoms with Crippen LogP contribution in [0.1, 0.15) is 0 Å². The fourth-order valence-electron chi connectivity index (χ4n) is 0. The van der Waals surface area contributed by atoms with E-state index in [2.05, 4.69) is 0 Å². The van der Waals surface area contributed by atoms with Crippen molar-refractivity contribution in [2.24, 2.45) is 0 Å². The fourth-order valence-corrected chi connectivity index (χ4v) is 0. The zero-order chi connectivity index (χ0) is 0. The molecule has 5 heavy (non-hydrogen) atoms. The maximum absolute atomic E-state index is 0. The maximum atomic E-state index is 0. The first-order valence-electron chi connectivity index (χ1n) is 0. The van der Waals surface area contributed by atoms with E-state index in [0.29, 0.717) is 0 Å². The molecule has 28 valence electrons. The van der Waals surface area contributed by atoms with Crippen LogP contribution in [0.4, 0.5) is 0 Å². The number of rotatable bonds is 0. The largest absolute Gasteiger partial charge is 2.00 e. The van der Waals surface area contributed by atoms with Gasteiger partial charge in [-0.15, -0.1) is 0 Å². The number of halogens is 3. The summed E-state index contributed by atoms with van der Waals surface area (Å²) in [4.78, 5) is 0. The van der Waals surface area contributed by atoms with Crippen LogP contribution in [0.5, 0.6) is 0 Å². The van der Waals surface area contributed by atoms with Crippen LogP contribution in [-0.4, -0.2) is 0 Å². The summed E-state index contributed by atoms with van der Waals surface area (Å²) < 4.78 is 0. The van der Waals surface area contributed by atoms with E-state index in [-0.39, 0.29) is 69.6 Å². The Kier molecular flexibility index (Phi) is 571. The van der Waals surface area contributed by atoms with Gasteiger partial charge in [-0.3, -0.25) is 0 Å². The number of hydrogen-bond acceptors (Lipinski definition) is 0. The molecule has 0 amide bonds. The average Bonchev–Trinajstić information content (AvgIpc) is 0. The smallest absolute Gasteiger partial charge is 1.00 e. The Morgan fingerprint density at radius 3 is 0.600 bits per heavy atom. The molecule has 0 N–H and O–H groups in total. The summed E-state index contributed by atoms with van der Waals surface area (Å²) in [7, 11) is 0. The van der Waals surface area contributed by atoms with Crippen LogP contribution >= 0.6 is 0 Å². The molecule has 0 aromatic heterocycles. The van der Waals surface area contributed by atoms with Crippen molar-refractivity contribution in [1.82, 2.24) is 0 Å². The molecule has 0 heterocycles. The number of hydrogen-bond donors (Lipinski definition) is 0. The summed E-state index contributed by atoms with van der Waals surface area (Å²) in [6, 6.07) is 0. The Labute approximate surface area is 69.3 Å². The van der Waals surface area contributed by atoms with Gasteiger partial charge in [-0.25, -0.2) is 0 Å². The second-order valence-electron chi connectivity index (χ2n) is 0. The summed E-state index contributed by atoms with van der Waals surface area (Å²) in [5.41, 5.74) is 0. The SMILES string of the molecule is [Cl-].[Cl-].[Cl-].[Li+].[S+2]. The first kappa shape index (κ1) is 69.9. The summed E-state index contributed by atoms with van der Waals surface area (Å²) in [6.07, 6.45) is 0. The van der Waals surface area contributed by atoms with Gasteiger partial charge in [-0.2, -0.15) is 0 Å². The third-order valence-electron chi connectivity index (χ3n) is 0. The van der Waals surface area contributed by atoms with Crippen LogP contribution in [0.3, 0.4) is 0 Å². The predicted octanol–water partition coefficient (Wildman–Crippen LogP) is -12.0. The van der Waals surface area contributed by atoms with Crippen molar-refractivity contribution < 1.29 is 56.1 Å². The van der Waals surface area contributed by atoms with Gasteiger partial charge in [-0.05, 0) is 0 Å². The van der Waals surface area contributed by atoms with Gasteiger partial charge in [0.25, 0.3) is 0 Å². The molecule has 0 rings (SSSR count). The standard InChI is InChI=1S/3ClH.Li.S/h3*1H;;/q;;;+1;+2/p-3. The van der Waals surface area contributed by atoms with Gasteiger partial charge < -0.3 is 37.2 Å². The van der Waals surface area contributed by atoms with Crippen LogP contribution in [-0.2, 0) is 13.5 Å². The topological polar surface area (TPSA) is 0 Å². The van der Waals surface area contributed by atoms with Crippen LogP contribution in [0, 0.1) is 0 Å². The first-order chi connectivity index (χ1) is 0. The molecule has 0 saturated carbocycles. The third-order valence-corrected chi connectivity index (χ3v) is 0. The van der Waals surface area contributed by atoms with Crippen molar-refractivity contribution in [3.05, 3.63) is 0 Å². The van der Waals surface area contributed by atoms with E-state index in [1.165, 1.54) is 0 Å². The Balaban J connectivity index is 0. The molecule has 0 aliphatic rings. The zero-order valence-electron chi connectivity index (χ0n) is 2.54. The van der Waals surface area contributed by atoms with Crippen molar-refractivity contribution in [3.8, 4) is 0 Å². The molecule has 0 spiro atoms. The molecule has 0 fully saturated rings. The van der Waals surface area contributed by atoms with E-state index in [0.717, 1.165) is 0 Å². The van der Waals surface area contributed by atoms with Gasteiger partial charge >= 0.3 is 32.4 Å². The van der Waals surface area contributed by atoms with Gasteiger partial charge in [0, 0.05) is 0 Å². The third kappa shape index (κ3) is 25.7. The van der Waals surface area contributed by atoms with Crippen LogP contribution in [0.15, 0.2) is 0 Å². The quantitative estimate of drug-likeness (QED) is 0.297. The molecule has 0 aliphatic heterocycles. The van der Waals surface area contributed by atoms with Crippen LogP contribution in [0.2, 0.25) is 0 Å². The van der Waals surface area contributed by atoms with E-state index in [1.807, 2.05) is 0 Å². The second kappa shape index (κ2) is 40.9. The monoisotopic (exact) mass is 144 g/mol. The Morgan fingerprint density at radius 2 is 0.600 bits per heavy atom. The molecular weight excluding hydrogens is 145 g/mol. The molecular formula is Cl3LiS. The van der Waals surface area contributed by atoms with E-state index < -0.39 is 0 Å². The molecule has 0 aliphatic carbocycles. The second-order valence-corrected chi connectivity index (χ2v) is 0. The molecule has 0 unspecified atom stereocenters. The van der Waals surface area contributed by atoms with Gasteiger partial charge in [0.05, 0.1) is 0 Å². The average molecular weight is 145 g/mol. The molecule has 4 radical (unpaired) electrons. The minimum absolute atomic E-state index is 0. The summed E-state index contributed by atoms with van der Waals surface area (Å²) in [5, 5.41) is 0.